The Kier molecular flexibility index (Phi) is 5.05. The molecule has 0 spiro atoms. The van der Waals surface area contributed by atoms with Gasteiger partial charge >= 0.3 is 0 Å². The Morgan fingerprint density at radius 2 is 2.24 bits per heavy atom. The summed E-state index contributed by atoms with van der Waals surface area (Å²) in [6.45, 7) is 3.40. The van der Waals surface area contributed by atoms with Crippen LogP contribution in [0.3, 0.4) is 0 Å². The van der Waals surface area contributed by atoms with Gasteiger partial charge in [-0.05, 0) is 49.7 Å². The zero-order valence-electron chi connectivity index (χ0n) is 10.6. The number of aryl methyl sites for hydroxylation is 1. The Morgan fingerprint density at radius 3 is 3.06 bits per heavy atom. The fourth-order valence-corrected chi connectivity index (χ4v) is 3.36. The van der Waals surface area contributed by atoms with Crippen LogP contribution >= 0.6 is 15.9 Å². The molecular formula is C15H22BrN. The van der Waals surface area contributed by atoms with E-state index in [1.54, 1.807) is 11.1 Å². The van der Waals surface area contributed by atoms with Crippen molar-refractivity contribution in [2.45, 2.75) is 44.6 Å². The molecule has 0 fully saturated rings. The van der Waals surface area contributed by atoms with Crippen molar-refractivity contribution < 1.29 is 0 Å². The lowest BCUT2D eigenvalue weighted by molar-refractivity contribution is 0.461. The summed E-state index contributed by atoms with van der Waals surface area (Å²) in [6, 6.07) is 9.57. The number of alkyl halides is 1. The van der Waals surface area contributed by atoms with Gasteiger partial charge in [-0.2, -0.15) is 0 Å². The van der Waals surface area contributed by atoms with Gasteiger partial charge in [0.1, 0.15) is 0 Å². The molecule has 0 heterocycles. The minimum Gasteiger partial charge on any atom is -0.314 e. The smallest absolute Gasteiger partial charge is 0.00469 e. The molecule has 1 aliphatic carbocycles. The maximum absolute atomic E-state index is 3.66. The molecule has 1 N–H and O–H groups in total. The lowest BCUT2D eigenvalue weighted by atomic mass is 9.83. The summed E-state index contributed by atoms with van der Waals surface area (Å²) in [5.74, 6) is 0.720. The molecule has 0 radical (unpaired) electrons. The van der Waals surface area contributed by atoms with E-state index in [2.05, 4.69) is 52.4 Å². The molecule has 2 rings (SSSR count). The molecule has 17 heavy (non-hydrogen) atoms. The number of fused-ring (bicyclic) bond motifs is 1. The number of benzene rings is 1. The van der Waals surface area contributed by atoms with E-state index in [9.17, 15) is 0 Å². The minimum absolute atomic E-state index is 0.614. The Hall–Kier alpha value is -0.340. The number of nitrogens with one attached hydrogen (secondary N) is 1. The van der Waals surface area contributed by atoms with Crippen molar-refractivity contribution in [3.05, 3.63) is 35.4 Å². The third kappa shape index (κ3) is 3.56. The molecule has 0 aromatic heterocycles. The van der Waals surface area contributed by atoms with Gasteiger partial charge in [0.25, 0.3) is 0 Å². The summed E-state index contributed by atoms with van der Waals surface area (Å²) in [6.07, 6.45) is 5.15. The quantitative estimate of drug-likeness (QED) is 0.813. The first-order valence-corrected chi connectivity index (χ1v) is 7.80. The van der Waals surface area contributed by atoms with E-state index in [1.807, 2.05) is 0 Å². The fourth-order valence-electron chi connectivity index (χ4n) is 2.68. The molecule has 94 valence electrons. The van der Waals surface area contributed by atoms with Crippen molar-refractivity contribution >= 4 is 15.9 Å². The predicted molar refractivity (Wildman–Crippen MR) is 78.0 cm³/mol. The van der Waals surface area contributed by atoms with Crippen molar-refractivity contribution in [1.29, 1.82) is 0 Å². The lowest BCUT2D eigenvalue weighted by Crippen LogP contribution is -2.31. The number of halogens is 1. The molecule has 2 atom stereocenters. The number of rotatable bonds is 5. The van der Waals surface area contributed by atoms with E-state index in [0.29, 0.717) is 6.04 Å². The normalized spacial score (nSPS) is 20.9. The molecule has 1 aromatic rings. The van der Waals surface area contributed by atoms with Crippen molar-refractivity contribution in [2.75, 3.05) is 11.9 Å². The van der Waals surface area contributed by atoms with Crippen LogP contribution in [0.25, 0.3) is 0 Å². The average molecular weight is 296 g/mol. The van der Waals surface area contributed by atoms with Gasteiger partial charge in [-0.15, -0.1) is 0 Å². The van der Waals surface area contributed by atoms with Gasteiger partial charge in [0.05, 0.1) is 0 Å². The van der Waals surface area contributed by atoms with Crippen molar-refractivity contribution in [3.8, 4) is 0 Å². The highest BCUT2D eigenvalue weighted by atomic mass is 79.9. The number of hydrogen-bond donors (Lipinski definition) is 1. The molecule has 1 aliphatic rings. The molecule has 1 aromatic carbocycles. The Labute approximate surface area is 113 Å². The van der Waals surface area contributed by atoms with Gasteiger partial charge in [0.2, 0.25) is 0 Å². The molecule has 0 bridgehead atoms. The maximum atomic E-state index is 3.66. The van der Waals surface area contributed by atoms with Gasteiger partial charge in [-0.1, -0.05) is 40.2 Å². The van der Waals surface area contributed by atoms with Crippen LogP contribution in [-0.4, -0.2) is 17.9 Å². The topological polar surface area (TPSA) is 12.0 Å². The second kappa shape index (κ2) is 6.55. The van der Waals surface area contributed by atoms with Crippen LogP contribution in [0.2, 0.25) is 0 Å². The standard InChI is InChI=1S/C15H22BrN/c1-12(9-10-16)17-11-14-7-4-6-13-5-2-3-8-15(13)14/h2-3,5,8,12,14,17H,4,6-7,9-11H2,1H3. The van der Waals surface area contributed by atoms with Crippen molar-refractivity contribution in [1.82, 2.24) is 5.32 Å². The van der Waals surface area contributed by atoms with Gasteiger partial charge in [0, 0.05) is 17.9 Å². The van der Waals surface area contributed by atoms with Crippen LogP contribution in [0, 0.1) is 0 Å². The molecule has 2 unspecified atom stereocenters. The van der Waals surface area contributed by atoms with Crippen LogP contribution in [0.1, 0.15) is 43.2 Å². The summed E-state index contributed by atoms with van der Waals surface area (Å²) in [5, 5.41) is 4.75. The van der Waals surface area contributed by atoms with Gasteiger partial charge < -0.3 is 5.32 Å². The van der Waals surface area contributed by atoms with Gasteiger partial charge in [0.15, 0.2) is 0 Å². The zero-order valence-corrected chi connectivity index (χ0v) is 12.2. The second-order valence-corrected chi connectivity index (χ2v) is 5.87. The summed E-state index contributed by atoms with van der Waals surface area (Å²) in [7, 11) is 0. The number of hydrogen-bond acceptors (Lipinski definition) is 1. The molecule has 0 amide bonds. The summed E-state index contributed by atoms with van der Waals surface area (Å²) in [5.41, 5.74) is 3.15. The van der Waals surface area contributed by atoms with Crippen LogP contribution in [0.5, 0.6) is 0 Å². The third-order valence-electron chi connectivity index (χ3n) is 3.75. The van der Waals surface area contributed by atoms with Crippen molar-refractivity contribution in [3.63, 3.8) is 0 Å². The predicted octanol–water partition coefficient (Wildman–Crippen LogP) is 3.87. The first-order valence-electron chi connectivity index (χ1n) is 6.68. The average Bonchev–Trinajstić information content (AvgIpc) is 2.36. The Bertz CT molecular complexity index is 351. The molecule has 2 heteroatoms. The van der Waals surface area contributed by atoms with Crippen molar-refractivity contribution in [2.24, 2.45) is 0 Å². The molecule has 0 saturated carbocycles. The first kappa shape index (κ1) is 13.1. The highest BCUT2D eigenvalue weighted by Crippen LogP contribution is 2.30. The zero-order chi connectivity index (χ0) is 12.1. The van der Waals surface area contributed by atoms with Gasteiger partial charge in [-0.25, -0.2) is 0 Å². The van der Waals surface area contributed by atoms with Crippen LogP contribution in [0.4, 0.5) is 0 Å². The van der Waals surface area contributed by atoms with Crippen LogP contribution in [-0.2, 0) is 6.42 Å². The third-order valence-corrected chi connectivity index (χ3v) is 4.21. The molecule has 1 nitrogen and oxygen atoms in total. The van der Waals surface area contributed by atoms with E-state index in [4.69, 9.17) is 0 Å². The Morgan fingerprint density at radius 1 is 1.41 bits per heavy atom. The SMILES string of the molecule is CC(CCBr)NCC1CCCc2ccccc21. The molecule has 0 aliphatic heterocycles. The van der Waals surface area contributed by atoms with E-state index in [1.165, 1.54) is 25.7 Å². The van der Waals surface area contributed by atoms with E-state index < -0.39 is 0 Å². The summed E-state index contributed by atoms with van der Waals surface area (Å²) >= 11 is 3.50. The fraction of sp³-hybridized carbons (Fsp3) is 0.600. The lowest BCUT2D eigenvalue weighted by Gasteiger charge is -2.27. The van der Waals surface area contributed by atoms with E-state index in [-0.39, 0.29) is 0 Å². The highest BCUT2D eigenvalue weighted by Gasteiger charge is 2.19. The maximum Gasteiger partial charge on any atom is 0.00469 e. The van der Waals surface area contributed by atoms with E-state index >= 15 is 0 Å². The molecular weight excluding hydrogens is 274 g/mol. The Balaban J connectivity index is 1.94. The highest BCUT2D eigenvalue weighted by molar-refractivity contribution is 9.09. The largest absolute Gasteiger partial charge is 0.314 e. The second-order valence-electron chi connectivity index (χ2n) is 5.07. The summed E-state index contributed by atoms with van der Waals surface area (Å²) in [4.78, 5) is 0. The minimum atomic E-state index is 0.614. The molecule has 0 saturated heterocycles. The van der Waals surface area contributed by atoms with E-state index in [0.717, 1.165) is 17.8 Å². The first-order chi connectivity index (χ1) is 8.31. The summed E-state index contributed by atoms with van der Waals surface area (Å²) < 4.78 is 0. The van der Waals surface area contributed by atoms with Crippen LogP contribution in [0.15, 0.2) is 24.3 Å². The monoisotopic (exact) mass is 295 g/mol. The van der Waals surface area contributed by atoms with Gasteiger partial charge in [-0.3, -0.25) is 0 Å². The van der Waals surface area contributed by atoms with Crippen LogP contribution < -0.4 is 5.32 Å².